The van der Waals surface area contributed by atoms with Crippen molar-refractivity contribution in [2.45, 2.75) is 38.4 Å². The van der Waals surface area contributed by atoms with E-state index in [0.29, 0.717) is 38.9 Å². The van der Waals surface area contributed by atoms with E-state index in [-0.39, 0.29) is 5.91 Å². The molecule has 0 fully saturated rings. The Morgan fingerprint density at radius 1 is 1.12 bits per heavy atom. The van der Waals surface area contributed by atoms with Crippen LogP contribution in [-0.2, 0) is 17.9 Å². The van der Waals surface area contributed by atoms with E-state index >= 15 is 0 Å². The number of thiophene rings is 2. The molecule has 8 heteroatoms. The summed E-state index contributed by atoms with van der Waals surface area (Å²) in [5.74, 6) is -0.0620. The first kappa shape index (κ1) is 19.4. The molecule has 25 heavy (non-hydrogen) atoms. The van der Waals surface area contributed by atoms with E-state index < -0.39 is 12.1 Å². The molecule has 2 aromatic rings. The highest BCUT2D eigenvalue weighted by Crippen LogP contribution is 2.18. The third-order valence-corrected chi connectivity index (χ3v) is 5.42. The lowest BCUT2D eigenvalue weighted by atomic mass is 10.1. The van der Waals surface area contributed by atoms with Crippen LogP contribution >= 0.6 is 22.7 Å². The van der Waals surface area contributed by atoms with Crippen molar-refractivity contribution in [2.75, 3.05) is 6.54 Å². The first-order chi connectivity index (χ1) is 12.1. The smallest absolute Gasteiger partial charge is 0.404 e. The topological polar surface area (TPSA) is 95.7 Å². The fourth-order valence-electron chi connectivity index (χ4n) is 2.44. The van der Waals surface area contributed by atoms with Crippen molar-refractivity contribution >= 4 is 34.7 Å². The number of nitrogens with two attached hydrogens (primary N) is 1. The van der Waals surface area contributed by atoms with Gasteiger partial charge in [-0.1, -0.05) is 12.1 Å². The number of rotatable bonds is 10. The second-order valence-electron chi connectivity index (χ2n) is 5.69. The molecule has 2 aromatic heterocycles. The standard InChI is InChI=1S/C17H23N3O3S2/c18-15(7-1-2-8-19-17(22)23)16(21)20(11-13-5-3-9-24-13)12-14-6-4-10-25-14/h3-6,9-10,15,19H,1-2,7-8,11-12,18H2,(H,22,23)/t15-/m0/s1. The zero-order chi connectivity index (χ0) is 18.1. The van der Waals surface area contributed by atoms with Gasteiger partial charge in [-0.05, 0) is 42.2 Å². The van der Waals surface area contributed by atoms with Crippen molar-refractivity contribution in [1.82, 2.24) is 10.2 Å². The minimum Gasteiger partial charge on any atom is -0.465 e. The number of hydrogen-bond donors (Lipinski definition) is 3. The fourth-order valence-corrected chi connectivity index (χ4v) is 3.87. The molecule has 0 radical (unpaired) electrons. The number of hydrogen-bond acceptors (Lipinski definition) is 5. The van der Waals surface area contributed by atoms with E-state index in [1.165, 1.54) is 0 Å². The van der Waals surface area contributed by atoms with Crippen LogP contribution in [0.25, 0.3) is 0 Å². The zero-order valence-electron chi connectivity index (χ0n) is 13.9. The van der Waals surface area contributed by atoms with Crippen LogP contribution < -0.4 is 11.1 Å². The van der Waals surface area contributed by atoms with Crippen LogP contribution in [0.2, 0.25) is 0 Å². The first-order valence-corrected chi connectivity index (χ1v) is 9.88. The average molecular weight is 382 g/mol. The molecule has 0 unspecified atom stereocenters. The number of nitrogens with zero attached hydrogens (tertiary/aromatic N) is 1. The van der Waals surface area contributed by atoms with Gasteiger partial charge >= 0.3 is 6.09 Å². The maximum absolute atomic E-state index is 12.8. The Hall–Kier alpha value is -1.90. The SMILES string of the molecule is N[C@@H](CCCCNC(=O)O)C(=O)N(Cc1cccs1)Cc1cccs1. The van der Waals surface area contributed by atoms with Gasteiger partial charge in [-0.3, -0.25) is 4.79 Å². The third kappa shape index (κ3) is 6.85. The zero-order valence-corrected chi connectivity index (χ0v) is 15.5. The Morgan fingerprint density at radius 2 is 1.72 bits per heavy atom. The molecule has 1 atom stereocenters. The molecular formula is C17H23N3O3S2. The van der Waals surface area contributed by atoms with E-state index in [9.17, 15) is 9.59 Å². The molecule has 0 spiro atoms. The molecule has 136 valence electrons. The first-order valence-electron chi connectivity index (χ1n) is 8.12. The second kappa shape index (κ2) is 10.2. The minimum absolute atomic E-state index is 0.0620. The molecule has 6 nitrogen and oxygen atoms in total. The van der Waals surface area contributed by atoms with Crippen LogP contribution in [0.4, 0.5) is 4.79 Å². The summed E-state index contributed by atoms with van der Waals surface area (Å²) in [6.07, 6.45) is 0.895. The van der Waals surface area contributed by atoms with Crippen molar-refractivity contribution in [3.8, 4) is 0 Å². The maximum Gasteiger partial charge on any atom is 0.404 e. The van der Waals surface area contributed by atoms with Gasteiger partial charge in [0.25, 0.3) is 0 Å². The van der Waals surface area contributed by atoms with E-state index in [1.54, 1.807) is 27.6 Å². The third-order valence-electron chi connectivity index (χ3n) is 3.70. The van der Waals surface area contributed by atoms with E-state index in [1.807, 2.05) is 35.0 Å². The van der Waals surface area contributed by atoms with Gasteiger partial charge in [-0.2, -0.15) is 0 Å². The molecule has 4 N–H and O–H groups in total. The van der Waals surface area contributed by atoms with Crippen molar-refractivity contribution in [3.63, 3.8) is 0 Å². The van der Waals surface area contributed by atoms with Crippen LogP contribution in [0, 0.1) is 0 Å². The highest BCUT2D eigenvalue weighted by atomic mass is 32.1. The molecule has 0 bridgehead atoms. The Kier molecular flexibility index (Phi) is 7.90. The molecule has 0 aliphatic carbocycles. The largest absolute Gasteiger partial charge is 0.465 e. The molecular weight excluding hydrogens is 358 g/mol. The lowest BCUT2D eigenvalue weighted by molar-refractivity contribution is -0.134. The summed E-state index contributed by atoms with van der Waals surface area (Å²) >= 11 is 3.25. The maximum atomic E-state index is 12.8. The van der Waals surface area contributed by atoms with Gasteiger partial charge in [0.1, 0.15) is 0 Å². The molecule has 2 amide bonds. The Bertz CT molecular complexity index is 608. The van der Waals surface area contributed by atoms with Gasteiger partial charge in [-0.15, -0.1) is 22.7 Å². The number of carbonyl (C=O) groups excluding carboxylic acids is 1. The predicted molar refractivity (Wildman–Crippen MR) is 101 cm³/mol. The van der Waals surface area contributed by atoms with Crippen molar-refractivity contribution < 1.29 is 14.7 Å². The summed E-state index contributed by atoms with van der Waals surface area (Å²) in [5.41, 5.74) is 6.10. The van der Waals surface area contributed by atoms with E-state index in [4.69, 9.17) is 10.8 Å². The Balaban J connectivity index is 1.88. The fraction of sp³-hybridized carbons (Fsp3) is 0.412. The normalized spacial score (nSPS) is 11.9. The number of unbranched alkanes of at least 4 members (excludes halogenated alkanes) is 1. The number of nitrogens with one attached hydrogen (secondary N) is 1. The number of carboxylic acid groups (broad SMARTS) is 1. The molecule has 0 aromatic carbocycles. The van der Waals surface area contributed by atoms with Gasteiger partial charge in [0.2, 0.25) is 5.91 Å². The van der Waals surface area contributed by atoms with Crippen LogP contribution in [0.1, 0.15) is 29.0 Å². The van der Waals surface area contributed by atoms with Crippen molar-refractivity contribution in [1.29, 1.82) is 0 Å². The summed E-state index contributed by atoms with van der Waals surface area (Å²) in [6, 6.07) is 7.42. The summed E-state index contributed by atoms with van der Waals surface area (Å²) < 4.78 is 0. The quantitative estimate of drug-likeness (QED) is 0.551. The second-order valence-corrected chi connectivity index (χ2v) is 7.75. The molecule has 0 aliphatic heterocycles. The monoisotopic (exact) mass is 381 g/mol. The lowest BCUT2D eigenvalue weighted by Gasteiger charge is -2.25. The summed E-state index contributed by atoms with van der Waals surface area (Å²) in [6.45, 7) is 1.50. The highest BCUT2D eigenvalue weighted by molar-refractivity contribution is 7.10. The van der Waals surface area contributed by atoms with Gasteiger partial charge in [0.05, 0.1) is 19.1 Å². The summed E-state index contributed by atoms with van der Waals surface area (Å²) in [4.78, 5) is 27.2. The average Bonchev–Trinajstić information content (AvgIpc) is 3.26. The summed E-state index contributed by atoms with van der Waals surface area (Å²) in [5, 5.41) is 14.8. The van der Waals surface area contributed by atoms with Crippen LogP contribution in [0.15, 0.2) is 35.0 Å². The number of amides is 2. The minimum atomic E-state index is -1.03. The van der Waals surface area contributed by atoms with E-state index in [2.05, 4.69) is 5.32 Å². The summed E-state index contributed by atoms with van der Waals surface area (Å²) in [7, 11) is 0. The number of carbonyl (C=O) groups is 2. The molecule has 0 saturated heterocycles. The highest BCUT2D eigenvalue weighted by Gasteiger charge is 2.22. The van der Waals surface area contributed by atoms with E-state index in [0.717, 1.165) is 9.75 Å². The molecule has 2 heterocycles. The van der Waals surface area contributed by atoms with Crippen LogP contribution in [0.3, 0.4) is 0 Å². The van der Waals surface area contributed by atoms with Gasteiger partial charge in [0, 0.05) is 16.3 Å². The van der Waals surface area contributed by atoms with Gasteiger partial charge < -0.3 is 21.1 Å². The van der Waals surface area contributed by atoms with Crippen molar-refractivity contribution in [3.05, 3.63) is 44.8 Å². The van der Waals surface area contributed by atoms with Gasteiger partial charge in [0.15, 0.2) is 0 Å². The molecule has 0 saturated carbocycles. The Labute approximate surface area is 155 Å². The van der Waals surface area contributed by atoms with Gasteiger partial charge in [-0.25, -0.2) is 4.79 Å². The molecule has 2 rings (SSSR count). The van der Waals surface area contributed by atoms with Crippen LogP contribution in [-0.4, -0.2) is 34.6 Å². The predicted octanol–water partition coefficient (Wildman–Crippen LogP) is 3.10. The molecule has 0 aliphatic rings. The van der Waals surface area contributed by atoms with Crippen molar-refractivity contribution in [2.24, 2.45) is 5.73 Å². The Morgan fingerprint density at radius 3 is 2.20 bits per heavy atom. The lowest BCUT2D eigenvalue weighted by Crippen LogP contribution is -2.42. The van der Waals surface area contributed by atoms with Crippen LogP contribution in [0.5, 0.6) is 0 Å².